The van der Waals surface area contributed by atoms with Crippen LogP contribution in [0, 0.1) is 5.92 Å². The predicted molar refractivity (Wildman–Crippen MR) is 78.0 cm³/mol. The molecule has 1 aliphatic heterocycles. The van der Waals surface area contributed by atoms with E-state index in [0.717, 1.165) is 31.3 Å². The number of nitrogens with zero attached hydrogens (tertiary/aromatic N) is 3. The molecule has 2 rings (SSSR count). The summed E-state index contributed by atoms with van der Waals surface area (Å²) >= 11 is 0. The Labute approximate surface area is 117 Å². The normalized spacial score (nSPS) is 16.6. The third kappa shape index (κ3) is 4.30. The summed E-state index contributed by atoms with van der Waals surface area (Å²) < 4.78 is 2.30. The van der Waals surface area contributed by atoms with Gasteiger partial charge < -0.3 is 9.88 Å². The van der Waals surface area contributed by atoms with E-state index in [4.69, 9.17) is 0 Å². The van der Waals surface area contributed by atoms with Crippen molar-refractivity contribution < 1.29 is 0 Å². The van der Waals surface area contributed by atoms with Crippen molar-refractivity contribution in [1.82, 2.24) is 20.1 Å². The smallest absolute Gasteiger partial charge is 0.147 e. The molecule has 108 valence electrons. The average molecular weight is 264 g/mol. The predicted octanol–water partition coefficient (Wildman–Crippen LogP) is 2.92. The molecule has 4 heteroatoms. The Morgan fingerprint density at radius 1 is 1.16 bits per heavy atom. The first-order chi connectivity index (χ1) is 9.16. The molecular formula is C15H28N4. The third-order valence-electron chi connectivity index (χ3n) is 3.96. The zero-order valence-electron chi connectivity index (χ0n) is 12.7. The maximum atomic E-state index is 4.33. The topological polar surface area (TPSA) is 42.7 Å². The minimum atomic E-state index is 0.565. The summed E-state index contributed by atoms with van der Waals surface area (Å²) in [5, 5.41) is 12.2. The van der Waals surface area contributed by atoms with Crippen molar-refractivity contribution in [2.24, 2.45) is 5.92 Å². The summed E-state index contributed by atoms with van der Waals surface area (Å²) in [5.41, 5.74) is 0. The molecule has 1 N–H and O–H groups in total. The van der Waals surface area contributed by atoms with E-state index >= 15 is 0 Å². The van der Waals surface area contributed by atoms with E-state index in [9.17, 15) is 0 Å². The first-order valence-corrected chi connectivity index (χ1v) is 7.81. The summed E-state index contributed by atoms with van der Waals surface area (Å²) in [6, 6.07) is 0.565. The van der Waals surface area contributed by atoms with Gasteiger partial charge in [0, 0.05) is 19.0 Å². The van der Waals surface area contributed by atoms with Gasteiger partial charge in [0.15, 0.2) is 0 Å². The molecule has 0 radical (unpaired) electrons. The monoisotopic (exact) mass is 264 g/mol. The van der Waals surface area contributed by atoms with Gasteiger partial charge >= 0.3 is 0 Å². The van der Waals surface area contributed by atoms with Crippen molar-refractivity contribution in [3.05, 3.63) is 11.6 Å². The summed E-state index contributed by atoms with van der Waals surface area (Å²) in [6.07, 6.45) is 7.51. The van der Waals surface area contributed by atoms with Gasteiger partial charge in [-0.15, -0.1) is 10.2 Å². The van der Waals surface area contributed by atoms with Crippen molar-refractivity contribution >= 4 is 0 Å². The molecular weight excluding hydrogens is 236 g/mol. The van der Waals surface area contributed by atoms with Gasteiger partial charge in [0.2, 0.25) is 0 Å². The van der Waals surface area contributed by atoms with Gasteiger partial charge in [-0.2, -0.15) is 0 Å². The highest BCUT2D eigenvalue weighted by molar-refractivity contribution is 4.98. The molecule has 0 saturated carbocycles. The number of aromatic nitrogens is 3. The highest BCUT2D eigenvalue weighted by Gasteiger charge is 2.15. The number of hydrogen-bond acceptors (Lipinski definition) is 3. The summed E-state index contributed by atoms with van der Waals surface area (Å²) in [4.78, 5) is 0. The first kappa shape index (κ1) is 14.5. The maximum Gasteiger partial charge on any atom is 0.147 e. The number of rotatable bonds is 7. The Bertz CT molecular complexity index is 383. The molecule has 0 aromatic carbocycles. The molecule has 0 bridgehead atoms. The van der Waals surface area contributed by atoms with Crippen LogP contribution in [0.1, 0.15) is 64.5 Å². The Morgan fingerprint density at radius 3 is 2.79 bits per heavy atom. The second-order valence-corrected chi connectivity index (χ2v) is 6.25. The van der Waals surface area contributed by atoms with Crippen molar-refractivity contribution in [2.45, 2.75) is 78.4 Å². The zero-order valence-corrected chi connectivity index (χ0v) is 12.7. The Balaban J connectivity index is 1.74. The van der Waals surface area contributed by atoms with Crippen LogP contribution < -0.4 is 5.32 Å². The van der Waals surface area contributed by atoms with Gasteiger partial charge in [-0.25, -0.2) is 0 Å². The van der Waals surface area contributed by atoms with E-state index in [1.165, 1.54) is 37.9 Å². The van der Waals surface area contributed by atoms with E-state index in [-0.39, 0.29) is 0 Å². The Kier molecular flexibility index (Phi) is 5.37. The fourth-order valence-corrected chi connectivity index (χ4v) is 2.70. The minimum absolute atomic E-state index is 0.565. The van der Waals surface area contributed by atoms with Crippen molar-refractivity contribution in [3.63, 3.8) is 0 Å². The molecule has 1 aromatic heterocycles. The number of hydrogen-bond donors (Lipinski definition) is 1. The SMILES string of the molecule is CC(C)CCCC(C)NCc1nnc2n1CCCC2. The van der Waals surface area contributed by atoms with Gasteiger partial charge in [-0.05, 0) is 32.1 Å². The van der Waals surface area contributed by atoms with Crippen LogP contribution in [0.3, 0.4) is 0 Å². The van der Waals surface area contributed by atoms with Gasteiger partial charge in [0.1, 0.15) is 11.6 Å². The molecule has 1 unspecified atom stereocenters. The molecule has 0 amide bonds. The van der Waals surface area contributed by atoms with Crippen molar-refractivity contribution in [2.75, 3.05) is 0 Å². The van der Waals surface area contributed by atoms with Crippen LogP contribution >= 0.6 is 0 Å². The zero-order chi connectivity index (χ0) is 13.7. The standard InChI is InChI=1S/C15H28N4/c1-12(2)7-6-8-13(3)16-11-15-18-17-14-9-4-5-10-19(14)15/h12-13,16H,4-11H2,1-3H3. The summed E-state index contributed by atoms with van der Waals surface area (Å²) in [7, 11) is 0. The van der Waals surface area contributed by atoms with Crippen LogP contribution in [-0.4, -0.2) is 20.8 Å². The largest absolute Gasteiger partial charge is 0.314 e. The Hall–Kier alpha value is -0.900. The summed E-state index contributed by atoms with van der Waals surface area (Å²) in [5.74, 6) is 3.11. The van der Waals surface area contributed by atoms with E-state index < -0.39 is 0 Å². The number of fused-ring (bicyclic) bond motifs is 1. The van der Waals surface area contributed by atoms with Gasteiger partial charge in [0.25, 0.3) is 0 Å². The van der Waals surface area contributed by atoms with Crippen LogP contribution in [0.2, 0.25) is 0 Å². The lowest BCUT2D eigenvalue weighted by molar-refractivity contribution is 0.440. The molecule has 2 heterocycles. The molecule has 19 heavy (non-hydrogen) atoms. The van der Waals surface area contributed by atoms with Crippen LogP contribution in [0.15, 0.2) is 0 Å². The molecule has 1 atom stereocenters. The highest BCUT2D eigenvalue weighted by atomic mass is 15.3. The van der Waals surface area contributed by atoms with Gasteiger partial charge in [-0.1, -0.05) is 26.7 Å². The molecule has 0 fully saturated rings. The minimum Gasteiger partial charge on any atom is -0.314 e. The van der Waals surface area contributed by atoms with Gasteiger partial charge in [-0.3, -0.25) is 0 Å². The number of aryl methyl sites for hydroxylation is 1. The summed E-state index contributed by atoms with van der Waals surface area (Å²) in [6.45, 7) is 8.81. The third-order valence-corrected chi connectivity index (χ3v) is 3.96. The molecule has 0 spiro atoms. The van der Waals surface area contributed by atoms with E-state index in [0.29, 0.717) is 6.04 Å². The van der Waals surface area contributed by atoms with Crippen molar-refractivity contribution in [3.8, 4) is 0 Å². The molecule has 0 aliphatic carbocycles. The second-order valence-electron chi connectivity index (χ2n) is 6.25. The lowest BCUT2D eigenvalue weighted by atomic mass is 10.0. The van der Waals surface area contributed by atoms with Crippen LogP contribution in [0.25, 0.3) is 0 Å². The fraction of sp³-hybridized carbons (Fsp3) is 0.867. The van der Waals surface area contributed by atoms with Crippen molar-refractivity contribution in [1.29, 1.82) is 0 Å². The maximum absolute atomic E-state index is 4.33. The Morgan fingerprint density at radius 2 is 2.00 bits per heavy atom. The quantitative estimate of drug-likeness (QED) is 0.823. The lowest BCUT2D eigenvalue weighted by Gasteiger charge is -2.17. The first-order valence-electron chi connectivity index (χ1n) is 7.81. The lowest BCUT2D eigenvalue weighted by Crippen LogP contribution is -2.27. The average Bonchev–Trinajstić information content (AvgIpc) is 2.79. The van der Waals surface area contributed by atoms with E-state index in [1.807, 2.05) is 0 Å². The molecule has 0 saturated heterocycles. The van der Waals surface area contributed by atoms with Crippen LogP contribution in [-0.2, 0) is 19.5 Å². The van der Waals surface area contributed by atoms with Crippen LogP contribution in [0.4, 0.5) is 0 Å². The van der Waals surface area contributed by atoms with E-state index in [2.05, 4.69) is 40.9 Å². The highest BCUT2D eigenvalue weighted by Crippen LogP contribution is 2.14. The molecule has 4 nitrogen and oxygen atoms in total. The molecule has 1 aromatic rings. The van der Waals surface area contributed by atoms with Crippen LogP contribution in [0.5, 0.6) is 0 Å². The van der Waals surface area contributed by atoms with Gasteiger partial charge in [0.05, 0.1) is 6.54 Å². The molecule has 1 aliphatic rings. The van der Waals surface area contributed by atoms with E-state index in [1.54, 1.807) is 0 Å². The fourth-order valence-electron chi connectivity index (χ4n) is 2.70. The second kappa shape index (κ2) is 7.04. The number of nitrogens with one attached hydrogen (secondary N) is 1.